The van der Waals surface area contributed by atoms with Crippen LogP contribution in [0.2, 0.25) is 0 Å². The number of non-ortho nitro benzene ring substituents is 1. The fourth-order valence-electron chi connectivity index (χ4n) is 1.77. The Balaban J connectivity index is 0.00000180. The number of nitro groups is 1. The normalized spacial score (nSPS) is 15.8. The summed E-state index contributed by atoms with van der Waals surface area (Å²) < 4.78 is 0. The van der Waals surface area contributed by atoms with E-state index >= 15 is 0 Å². The van der Waals surface area contributed by atoms with E-state index in [1.54, 1.807) is 0 Å². The van der Waals surface area contributed by atoms with Gasteiger partial charge in [0.05, 0.1) is 16.1 Å². The summed E-state index contributed by atoms with van der Waals surface area (Å²) in [5.41, 5.74) is 4.69. The quantitative estimate of drug-likeness (QED) is 0.443. The largest absolute Gasteiger partial charge is 0.506 e. The maximum atomic E-state index is 11.8. The third kappa shape index (κ3) is 2.94. The van der Waals surface area contributed by atoms with Gasteiger partial charge in [-0.15, -0.1) is 12.4 Å². The lowest BCUT2D eigenvalue weighted by atomic mass is 9.77. The van der Waals surface area contributed by atoms with Crippen molar-refractivity contribution in [2.75, 3.05) is 5.32 Å². The third-order valence-electron chi connectivity index (χ3n) is 3.14. The second-order valence-electron chi connectivity index (χ2n) is 4.42. The van der Waals surface area contributed by atoms with Crippen LogP contribution in [0.1, 0.15) is 19.3 Å². The third-order valence-corrected chi connectivity index (χ3v) is 3.14. The number of hydrogen-bond acceptors (Lipinski definition) is 5. The van der Waals surface area contributed by atoms with Gasteiger partial charge in [-0.3, -0.25) is 14.9 Å². The van der Waals surface area contributed by atoms with Crippen LogP contribution in [0.25, 0.3) is 0 Å². The van der Waals surface area contributed by atoms with E-state index < -0.39 is 16.4 Å². The number of aromatic hydroxyl groups is 1. The summed E-state index contributed by atoms with van der Waals surface area (Å²) in [6.45, 7) is 0. The number of carbonyl (C=O) groups excluding carboxylic acids is 1. The van der Waals surface area contributed by atoms with Gasteiger partial charge in [-0.05, 0) is 25.3 Å². The first-order chi connectivity index (χ1) is 8.42. The Morgan fingerprint density at radius 3 is 2.58 bits per heavy atom. The lowest BCUT2D eigenvalue weighted by molar-refractivity contribution is -0.384. The van der Waals surface area contributed by atoms with Gasteiger partial charge in [0, 0.05) is 12.1 Å². The van der Waals surface area contributed by atoms with Gasteiger partial charge in [-0.25, -0.2) is 0 Å². The van der Waals surface area contributed by atoms with E-state index in [0.29, 0.717) is 12.8 Å². The molecule has 8 heteroatoms. The topological polar surface area (TPSA) is 118 Å². The zero-order chi connectivity index (χ0) is 13.3. The van der Waals surface area contributed by atoms with Crippen LogP contribution in [0.3, 0.4) is 0 Å². The van der Waals surface area contributed by atoms with Gasteiger partial charge >= 0.3 is 0 Å². The van der Waals surface area contributed by atoms with Crippen molar-refractivity contribution in [3.63, 3.8) is 0 Å². The molecule has 1 saturated carbocycles. The highest BCUT2D eigenvalue weighted by molar-refractivity contribution is 5.99. The summed E-state index contributed by atoms with van der Waals surface area (Å²) in [4.78, 5) is 21.8. The summed E-state index contributed by atoms with van der Waals surface area (Å²) in [5, 5.41) is 22.6. The minimum atomic E-state index is -0.920. The van der Waals surface area contributed by atoms with Gasteiger partial charge in [0.2, 0.25) is 5.91 Å². The maximum absolute atomic E-state index is 11.8. The monoisotopic (exact) mass is 287 g/mol. The number of nitro benzene ring substituents is 1. The average Bonchev–Trinajstić information content (AvgIpc) is 2.28. The van der Waals surface area contributed by atoms with Crippen LogP contribution in [-0.4, -0.2) is 21.5 Å². The van der Waals surface area contributed by atoms with E-state index in [0.717, 1.165) is 24.6 Å². The highest BCUT2D eigenvalue weighted by Crippen LogP contribution is 2.33. The van der Waals surface area contributed by atoms with Crippen LogP contribution in [0.4, 0.5) is 11.4 Å². The zero-order valence-electron chi connectivity index (χ0n) is 9.96. The minimum Gasteiger partial charge on any atom is -0.506 e. The number of rotatable bonds is 3. The predicted octanol–water partition coefficient (Wildman–Crippen LogP) is 1.54. The van der Waals surface area contributed by atoms with Crippen molar-refractivity contribution in [3.05, 3.63) is 28.3 Å². The summed E-state index contributed by atoms with van der Waals surface area (Å²) >= 11 is 0. The predicted molar refractivity (Wildman–Crippen MR) is 71.4 cm³/mol. The lowest BCUT2D eigenvalue weighted by Crippen LogP contribution is -2.56. The summed E-state index contributed by atoms with van der Waals surface area (Å²) in [6.07, 6.45) is 2.04. The Morgan fingerprint density at radius 2 is 2.11 bits per heavy atom. The fraction of sp³-hybridized carbons (Fsp3) is 0.364. The van der Waals surface area contributed by atoms with Gasteiger partial charge < -0.3 is 16.2 Å². The molecule has 0 spiro atoms. The Bertz CT molecular complexity index is 517. The van der Waals surface area contributed by atoms with Gasteiger partial charge in [0.15, 0.2) is 0 Å². The van der Waals surface area contributed by atoms with E-state index in [4.69, 9.17) is 5.73 Å². The number of carbonyl (C=O) groups is 1. The molecule has 0 saturated heterocycles. The number of anilines is 1. The first-order valence-electron chi connectivity index (χ1n) is 5.50. The number of nitrogens with two attached hydrogens (primary N) is 1. The van der Waals surface area contributed by atoms with Crippen molar-refractivity contribution >= 4 is 29.7 Å². The number of benzene rings is 1. The molecule has 2 rings (SSSR count). The molecule has 1 amide bonds. The van der Waals surface area contributed by atoms with Gasteiger partial charge in [-0.1, -0.05) is 0 Å². The first-order valence-corrected chi connectivity index (χ1v) is 5.50. The molecule has 104 valence electrons. The maximum Gasteiger partial charge on any atom is 0.271 e. The molecule has 0 aromatic heterocycles. The second-order valence-corrected chi connectivity index (χ2v) is 4.42. The van der Waals surface area contributed by atoms with Gasteiger partial charge in [-0.2, -0.15) is 0 Å². The fourth-order valence-corrected chi connectivity index (χ4v) is 1.77. The first kappa shape index (κ1) is 15.2. The molecule has 1 aromatic carbocycles. The number of phenols is 1. The second kappa shape index (κ2) is 5.41. The molecule has 0 radical (unpaired) electrons. The number of halogens is 1. The molecule has 1 fully saturated rings. The highest BCUT2D eigenvalue weighted by Gasteiger charge is 2.40. The molecule has 19 heavy (non-hydrogen) atoms. The molecule has 0 aliphatic heterocycles. The standard InChI is InChI=1S/C11H13N3O4.ClH/c12-11(4-1-5-11)10(16)13-8-6-7(14(17)18)2-3-9(8)15;/h2-3,6,15H,1,4-5,12H2,(H,13,16);1H. The van der Waals surface area contributed by atoms with E-state index in [2.05, 4.69) is 5.32 Å². The van der Waals surface area contributed by atoms with Crippen molar-refractivity contribution in [1.29, 1.82) is 0 Å². The zero-order valence-corrected chi connectivity index (χ0v) is 10.8. The van der Waals surface area contributed by atoms with Gasteiger partial charge in [0.25, 0.3) is 5.69 Å². The summed E-state index contributed by atoms with van der Waals surface area (Å²) in [6, 6.07) is 3.43. The molecule has 0 bridgehead atoms. The van der Waals surface area contributed by atoms with Gasteiger partial charge in [0.1, 0.15) is 5.75 Å². The Hall–Kier alpha value is -1.86. The van der Waals surface area contributed by atoms with Crippen LogP contribution in [-0.2, 0) is 4.79 Å². The molecule has 4 N–H and O–H groups in total. The molecular formula is C11H14ClN3O4. The van der Waals surface area contributed by atoms with E-state index in [1.165, 1.54) is 0 Å². The highest BCUT2D eigenvalue weighted by atomic mass is 35.5. The van der Waals surface area contributed by atoms with Crippen molar-refractivity contribution < 1.29 is 14.8 Å². The van der Waals surface area contributed by atoms with Crippen molar-refractivity contribution in [2.45, 2.75) is 24.8 Å². The smallest absolute Gasteiger partial charge is 0.271 e. The molecule has 1 aromatic rings. The molecule has 0 unspecified atom stereocenters. The average molecular weight is 288 g/mol. The number of hydrogen-bond donors (Lipinski definition) is 3. The van der Waals surface area contributed by atoms with Crippen molar-refractivity contribution in [2.24, 2.45) is 5.73 Å². The van der Waals surface area contributed by atoms with E-state index in [1.807, 2.05) is 0 Å². The van der Waals surface area contributed by atoms with Crippen molar-refractivity contribution in [1.82, 2.24) is 0 Å². The molecule has 0 atom stereocenters. The molecule has 1 aliphatic rings. The van der Waals surface area contributed by atoms with Crippen LogP contribution in [0, 0.1) is 10.1 Å². The summed E-state index contributed by atoms with van der Waals surface area (Å²) in [5.74, 6) is -0.651. The molecule has 1 aliphatic carbocycles. The van der Waals surface area contributed by atoms with Crippen LogP contribution in [0.5, 0.6) is 5.75 Å². The molecular weight excluding hydrogens is 274 g/mol. The number of phenolic OH excluding ortho intramolecular Hbond substituents is 1. The number of amides is 1. The number of nitrogens with one attached hydrogen (secondary N) is 1. The lowest BCUT2D eigenvalue weighted by Gasteiger charge is -2.36. The molecule has 0 heterocycles. The van der Waals surface area contributed by atoms with E-state index in [9.17, 15) is 20.0 Å². The SMILES string of the molecule is Cl.NC1(C(=O)Nc2cc([N+](=O)[O-])ccc2O)CCC1. The van der Waals surface area contributed by atoms with Crippen LogP contribution < -0.4 is 11.1 Å². The Labute approximate surface area is 115 Å². The molecule has 7 nitrogen and oxygen atoms in total. The Kier molecular flexibility index (Phi) is 4.33. The van der Waals surface area contributed by atoms with E-state index in [-0.39, 0.29) is 29.5 Å². The van der Waals surface area contributed by atoms with Crippen LogP contribution >= 0.6 is 12.4 Å². The number of nitrogens with zero attached hydrogens (tertiary/aromatic N) is 1. The minimum absolute atomic E-state index is 0. The van der Waals surface area contributed by atoms with Crippen LogP contribution in [0.15, 0.2) is 18.2 Å². The summed E-state index contributed by atoms with van der Waals surface area (Å²) in [7, 11) is 0. The Morgan fingerprint density at radius 1 is 1.47 bits per heavy atom. The van der Waals surface area contributed by atoms with Crippen molar-refractivity contribution in [3.8, 4) is 5.75 Å².